The first-order valence-corrected chi connectivity index (χ1v) is 7.59. The van der Waals surface area contributed by atoms with Gasteiger partial charge in [0.1, 0.15) is 11.6 Å². The van der Waals surface area contributed by atoms with Gasteiger partial charge < -0.3 is 15.8 Å². The van der Waals surface area contributed by atoms with Crippen LogP contribution in [0.1, 0.15) is 32.6 Å². The molecule has 1 fully saturated rings. The van der Waals surface area contributed by atoms with Gasteiger partial charge in [0.05, 0.1) is 12.3 Å². The first-order chi connectivity index (χ1) is 10.2. The molecule has 1 aromatic rings. The summed E-state index contributed by atoms with van der Waals surface area (Å²) in [6.07, 6.45) is 3.71. The van der Waals surface area contributed by atoms with Gasteiger partial charge in [-0.15, -0.1) is 12.4 Å². The minimum atomic E-state index is -0.375. The SMILES string of the molecule is CCCOc1cc(F)ccc1NC(=O)[C@@H]1CCC[C@@H]1CN.Cl. The Labute approximate surface area is 137 Å². The van der Waals surface area contributed by atoms with Gasteiger partial charge in [0.25, 0.3) is 0 Å². The molecule has 3 N–H and O–H groups in total. The first-order valence-electron chi connectivity index (χ1n) is 7.59. The lowest BCUT2D eigenvalue weighted by Gasteiger charge is -2.19. The quantitative estimate of drug-likeness (QED) is 0.840. The smallest absolute Gasteiger partial charge is 0.227 e. The average molecular weight is 331 g/mol. The van der Waals surface area contributed by atoms with Gasteiger partial charge in [-0.3, -0.25) is 4.79 Å². The molecule has 1 aliphatic carbocycles. The van der Waals surface area contributed by atoms with Gasteiger partial charge >= 0.3 is 0 Å². The number of nitrogens with two attached hydrogens (primary N) is 1. The van der Waals surface area contributed by atoms with Crippen LogP contribution >= 0.6 is 12.4 Å². The van der Waals surface area contributed by atoms with Gasteiger partial charge in [-0.25, -0.2) is 4.39 Å². The van der Waals surface area contributed by atoms with Crippen LogP contribution in [0.3, 0.4) is 0 Å². The molecular weight excluding hydrogens is 307 g/mol. The molecule has 0 aliphatic heterocycles. The van der Waals surface area contributed by atoms with E-state index < -0.39 is 0 Å². The van der Waals surface area contributed by atoms with E-state index in [0.717, 1.165) is 25.7 Å². The van der Waals surface area contributed by atoms with E-state index in [-0.39, 0.29) is 36.0 Å². The largest absolute Gasteiger partial charge is 0.491 e. The van der Waals surface area contributed by atoms with Gasteiger partial charge in [-0.05, 0) is 43.9 Å². The van der Waals surface area contributed by atoms with Crippen molar-refractivity contribution in [3.8, 4) is 5.75 Å². The third-order valence-corrected chi connectivity index (χ3v) is 3.96. The third-order valence-electron chi connectivity index (χ3n) is 3.96. The van der Waals surface area contributed by atoms with Crippen LogP contribution < -0.4 is 15.8 Å². The lowest BCUT2D eigenvalue weighted by atomic mass is 9.95. The lowest BCUT2D eigenvalue weighted by molar-refractivity contribution is -0.120. The molecule has 2 atom stereocenters. The number of anilines is 1. The van der Waals surface area contributed by atoms with Crippen LogP contribution in [-0.2, 0) is 4.79 Å². The first kappa shape index (κ1) is 18.7. The highest BCUT2D eigenvalue weighted by atomic mass is 35.5. The number of rotatable bonds is 6. The second-order valence-electron chi connectivity index (χ2n) is 5.51. The molecule has 0 spiro atoms. The maximum absolute atomic E-state index is 13.3. The van der Waals surface area contributed by atoms with E-state index in [1.165, 1.54) is 12.1 Å². The van der Waals surface area contributed by atoms with Crippen molar-refractivity contribution in [2.24, 2.45) is 17.6 Å². The van der Waals surface area contributed by atoms with Gasteiger partial charge in [0.15, 0.2) is 0 Å². The number of nitrogens with one attached hydrogen (secondary N) is 1. The summed E-state index contributed by atoms with van der Waals surface area (Å²) in [6, 6.07) is 4.18. The lowest BCUT2D eigenvalue weighted by Crippen LogP contribution is -2.29. The Balaban J connectivity index is 0.00000242. The number of ether oxygens (including phenoxy) is 1. The fraction of sp³-hybridized carbons (Fsp3) is 0.562. The molecule has 1 aromatic carbocycles. The summed E-state index contributed by atoms with van der Waals surface area (Å²) in [7, 11) is 0. The molecule has 124 valence electrons. The molecule has 2 rings (SSSR count). The van der Waals surface area contributed by atoms with Crippen LogP contribution in [0.15, 0.2) is 18.2 Å². The van der Waals surface area contributed by atoms with Crippen LogP contribution in [-0.4, -0.2) is 19.1 Å². The number of carbonyl (C=O) groups is 1. The highest BCUT2D eigenvalue weighted by Gasteiger charge is 2.32. The monoisotopic (exact) mass is 330 g/mol. The summed E-state index contributed by atoms with van der Waals surface area (Å²) < 4.78 is 18.8. The van der Waals surface area contributed by atoms with E-state index >= 15 is 0 Å². The van der Waals surface area contributed by atoms with E-state index in [1.54, 1.807) is 6.07 Å². The van der Waals surface area contributed by atoms with Gasteiger partial charge in [-0.1, -0.05) is 13.3 Å². The molecule has 4 nitrogen and oxygen atoms in total. The Morgan fingerprint density at radius 3 is 2.91 bits per heavy atom. The van der Waals surface area contributed by atoms with Crippen molar-refractivity contribution in [1.29, 1.82) is 0 Å². The Morgan fingerprint density at radius 1 is 1.45 bits per heavy atom. The summed E-state index contributed by atoms with van der Waals surface area (Å²) in [5.74, 6) is 0.146. The summed E-state index contributed by atoms with van der Waals surface area (Å²) in [5, 5.41) is 2.87. The minimum absolute atomic E-state index is 0. The van der Waals surface area contributed by atoms with Crippen molar-refractivity contribution in [3.63, 3.8) is 0 Å². The van der Waals surface area contributed by atoms with Gasteiger partial charge in [0, 0.05) is 12.0 Å². The fourth-order valence-electron chi connectivity index (χ4n) is 2.82. The van der Waals surface area contributed by atoms with Gasteiger partial charge in [-0.2, -0.15) is 0 Å². The molecule has 0 unspecified atom stereocenters. The van der Waals surface area contributed by atoms with Crippen LogP contribution in [0.5, 0.6) is 5.75 Å². The van der Waals surface area contributed by atoms with Crippen LogP contribution in [0.25, 0.3) is 0 Å². The molecule has 0 radical (unpaired) electrons. The van der Waals surface area contributed by atoms with Crippen LogP contribution in [0, 0.1) is 17.7 Å². The second kappa shape index (κ2) is 8.96. The maximum atomic E-state index is 13.3. The molecule has 0 heterocycles. The standard InChI is InChI=1S/C16H23FN2O2.ClH/c1-2-8-21-15-9-12(17)6-7-14(15)19-16(20)13-5-3-4-11(13)10-18;/h6-7,9,11,13H,2-5,8,10,18H2,1H3,(H,19,20);1H/t11-,13-;/m1./s1. The summed E-state index contributed by atoms with van der Waals surface area (Å²) in [6.45, 7) is 2.99. The molecular formula is C16H24ClFN2O2. The van der Waals surface area contributed by atoms with Gasteiger partial charge in [0.2, 0.25) is 5.91 Å². The van der Waals surface area contributed by atoms with Crippen LogP contribution in [0.2, 0.25) is 0 Å². The number of hydrogen-bond donors (Lipinski definition) is 2. The van der Waals surface area contributed by atoms with E-state index in [0.29, 0.717) is 24.6 Å². The number of amides is 1. The molecule has 0 aromatic heterocycles. The Hall–Kier alpha value is -1.33. The zero-order valence-corrected chi connectivity index (χ0v) is 13.6. The number of hydrogen-bond acceptors (Lipinski definition) is 3. The van der Waals surface area contributed by atoms with Crippen LogP contribution in [0.4, 0.5) is 10.1 Å². The highest BCUT2D eigenvalue weighted by molar-refractivity contribution is 5.94. The Bertz CT molecular complexity index is 499. The maximum Gasteiger partial charge on any atom is 0.227 e. The van der Waals surface area contributed by atoms with Crippen molar-refractivity contribution in [2.45, 2.75) is 32.6 Å². The predicted molar refractivity (Wildman–Crippen MR) is 87.9 cm³/mol. The predicted octanol–water partition coefficient (Wildman–Crippen LogP) is 3.35. The zero-order chi connectivity index (χ0) is 15.2. The summed E-state index contributed by atoms with van der Waals surface area (Å²) in [5.41, 5.74) is 6.24. The molecule has 1 saturated carbocycles. The second-order valence-corrected chi connectivity index (χ2v) is 5.51. The molecule has 1 aliphatic rings. The van der Waals surface area contributed by atoms with E-state index in [1.807, 2.05) is 6.92 Å². The third kappa shape index (κ3) is 4.58. The molecule has 22 heavy (non-hydrogen) atoms. The van der Waals surface area contributed by atoms with E-state index in [4.69, 9.17) is 10.5 Å². The number of carbonyl (C=O) groups excluding carboxylic acids is 1. The number of benzene rings is 1. The van der Waals surface area contributed by atoms with Crippen molar-refractivity contribution < 1.29 is 13.9 Å². The minimum Gasteiger partial charge on any atom is -0.491 e. The zero-order valence-electron chi connectivity index (χ0n) is 12.8. The molecule has 0 bridgehead atoms. The highest BCUT2D eigenvalue weighted by Crippen LogP contribution is 2.33. The summed E-state index contributed by atoms with van der Waals surface area (Å²) >= 11 is 0. The van der Waals surface area contributed by atoms with Crippen molar-refractivity contribution >= 4 is 24.0 Å². The van der Waals surface area contributed by atoms with E-state index in [9.17, 15) is 9.18 Å². The van der Waals surface area contributed by atoms with Crippen molar-refractivity contribution in [1.82, 2.24) is 0 Å². The fourth-order valence-corrected chi connectivity index (χ4v) is 2.82. The van der Waals surface area contributed by atoms with Crippen molar-refractivity contribution in [3.05, 3.63) is 24.0 Å². The molecule has 1 amide bonds. The molecule has 6 heteroatoms. The molecule has 0 saturated heterocycles. The van der Waals surface area contributed by atoms with E-state index in [2.05, 4.69) is 5.32 Å². The normalized spacial score (nSPS) is 20.3. The Kier molecular flexibility index (Phi) is 7.62. The average Bonchev–Trinajstić information content (AvgIpc) is 2.96. The topological polar surface area (TPSA) is 64.3 Å². The van der Waals surface area contributed by atoms with Crippen molar-refractivity contribution in [2.75, 3.05) is 18.5 Å². The summed E-state index contributed by atoms with van der Waals surface area (Å²) in [4.78, 5) is 12.4. The number of halogens is 2. The Morgan fingerprint density at radius 2 is 2.23 bits per heavy atom.